The predicted molar refractivity (Wildman–Crippen MR) is 123 cm³/mol. The molecule has 0 saturated carbocycles. The summed E-state index contributed by atoms with van der Waals surface area (Å²) in [6, 6.07) is 11.1. The Labute approximate surface area is 192 Å². The molecule has 1 aliphatic carbocycles. The average molecular weight is 450 g/mol. The Morgan fingerprint density at radius 2 is 1.64 bits per heavy atom. The van der Waals surface area contributed by atoms with Crippen LogP contribution in [0.4, 0.5) is 0 Å². The van der Waals surface area contributed by atoms with Crippen LogP contribution in [-0.2, 0) is 23.8 Å². The zero-order valence-electron chi connectivity index (χ0n) is 19.4. The highest BCUT2D eigenvalue weighted by molar-refractivity contribution is 6.27. The Morgan fingerprint density at radius 3 is 2.24 bits per heavy atom. The van der Waals surface area contributed by atoms with E-state index in [0.29, 0.717) is 11.1 Å². The van der Waals surface area contributed by atoms with Gasteiger partial charge in [0.05, 0.1) is 18.8 Å². The molecule has 0 spiro atoms. The third-order valence-corrected chi connectivity index (χ3v) is 5.42. The van der Waals surface area contributed by atoms with Crippen LogP contribution in [0, 0.1) is 5.92 Å². The van der Waals surface area contributed by atoms with E-state index in [9.17, 15) is 14.4 Å². The van der Waals surface area contributed by atoms with Gasteiger partial charge < -0.3 is 19.5 Å². The van der Waals surface area contributed by atoms with E-state index in [4.69, 9.17) is 14.2 Å². The molecule has 0 amide bonds. The maximum absolute atomic E-state index is 13.7. The summed E-state index contributed by atoms with van der Waals surface area (Å²) in [7, 11) is 0. The fourth-order valence-electron chi connectivity index (χ4n) is 4.23. The second kappa shape index (κ2) is 8.39. The molecular formula is C26H27NO6. The molecule has 0 aromatic heterocycles. The minimum Gasteiger partial charge on any atom is -0.465 e. The second-order valence-corrected chi connectivity index (χ2v) is 8.91. The molecule has 2 aromatic carbocycles. The second-order valence-electron chi connectivity index (χ2n) is 8.91. The summed E-state index contributed by atoms with van der Waals surface area (Å²) in [6.45, 7) is 9.24. The van der Waals surface area contributed by atoms with Crippen molar-refractivity contribution in [3.05, 3.63) is 64.6 Å². The number of nitrogens with one attached hydrogen (secondary N) is 1. The molecule has 0 saturated heterocycles. The van der Waals surface area contributed by atoms with E-state index >= 15 is 0 Å². The largest absolute Gasteiger partial charge is 0.465 e. The molecule has 1 N–H and O–H groups in total. The van der Waals surface area contributed by atoms with Gasteiger partial charge in [0.15, 0.2) is 5.78 Å². The Hall–Kier alpha value is -3.61. The summed E-state index contributed by atoms with van der Waals surface area (Å²) in [5.74, 6) is -2.76. The number of benzene rings is 2. The van der Waals surface area contributed by atoms with Crippen LogP contribution in [0.2, 0.25) is 0 Å². The molecule has 4 rings (SSSR count). The van der Waals surface area contributed by atoms with Crippen LogP contribution in [0.15, 0.2) is 53.4 Å². The van der Waals surface area contributed by atoms with E-state index in [2.05, 4.69) is 5.32 Å². The van der Waals surface area contributed by atoms with Crippen molar-refractivity contribution in [2.24, 2.45) is 5.92 Å². The van der Waals surface area contributed by atoms with Gasteiger partial charge in [0.25, 0.3) is 0 Å². The van der Waals surface area contributed by atoms with Crippen LogP contribution >= 0.6 is 0 Å². The quantitative estimate of drug-likeness (QED) is 0.687. The SMILES string of the molecule is CCOC(=O)C1=C(NC(C)(C)C)OC2=C(C(=O)c3cccc4cccc2c34)C1C(=O)OCC. The first kappa shape index (κ1) is 22.6. The van der Waals surface area contributed by atoms with Gasteiger partial charge in [-0.2, -0.15) is 0 Å². The van der Waals surface area contributed by atoms with E-state index in [1.54, 1.807) is 26.0 Å². The fourth-order valence-corrected chi connectivity index (χ4v) is 4.23. The van der Waals surface area contributed by atoms with E-state index in [-0.39, 0.29) is 41.8 Å². The number of ketones is 1. The first-order valence-corrected chi connectivity index (χ1v) is 11.0. The maximum Gasteiger partial charge on any atom is 0.340 e. The van der Waals surface area contributed by atoms with Gasteiger partial charge in [-0.3, -0.25) is 9.59 Å². The summed E-state index contributed by atoms with van der Waals surface area (Å²) in [6.07, 6.45) is 0. The molecule has 0 fully saturated rings. The summed E-state index contributed by atoms with van der Waals surface area (Å²) in [4.78, 5) is 40.1. The number of ether oxygens (including phenoxy) is 3. The zero-order chi connectivity index (χ0) is 23.9. The van der Waals surface area contributed by atoms with Gasteiger partial charge in [-0.1, -0.05) is 36.4 Å². The number of hydrogen-bond acceptors (Lipinski definition) is 7. The molecule has 1 heterocycles. The standard InChI is InChI=1S/C26H27NO6/c1-6-31-24(29)18-19-21(28)15-12-8-10-14-11-9-13-16(17(14)15)22(19)33-23(27-26(3,4)5)20(18)25(30)32-7-2/h8-13,18,27H,6-7H2,1-5H3. The van der Waals surface area contributed by atoms with Crippen molar-refractivity contribution in [2.45, 2.75) is 40.2 Å². The summed E-state index contributed by atoms with van der Waals surface area (Å²) in [5.41, 5.74) is 0.650. The Balaban J connectivity index is 2.01. The van der Waals surface area contributed by atoms with Gasteiger partial charge in [-0.05, 0) is 40.0 Å². The van der Waals surface area contributed by atoms with Gasteiger partial charge in [0.2, 0.25) is 5.88 Å². The normalized spacial score (nSPS) is 17.5. The van der Waals surface area contributed by atoms with Crippen LogP contribution in [0.25, 0.3) is 16.5 Å². The predicted octanol–water partition coefficient (Wildman–Crippen LogP) is 4.12. The minimum atomic E-state index is -1.28. The Bertz CT molecular complexity index is 1230. The van der Waals surface area contributed by atoms with Gasteiger partial charge in [0.1, 0.15) is 17.3 Å². The topological polar surface area (TPSA) is 90.9 Å². The van der Waals surface area contributed by atoms with E-state index in [1.165, 1.54) is 0 Å². The third-order valence-electron chi connectivity index (χ3n) is 5.42. The molecule has 0 bridgehead atoms. The van der Waals surface area contributed by atoms with Crippen LogP contribution in [0.5, 0.6) is 0 Å². The van der Waals surface area contributed by atoms with E-state index in [1.807, 2.05) is 45.0 Å². The van der Waals surface area contributed by atoms with E-state index < -0.39 is 23.4 Å². The van der Waals surface area contributed by atoms with Crippen LogP contribution in [-0.4, -0.2) is 36.5 Å². The van der Waals surface area contributed by atoms with Crippen molar-refractivity contribution in [1.82, 2.24) is 5.32 Å². The molecule has 0 radical (unpaired) electrons. The molecule has 1 aliphatic heterocycles. The Kier molecular flexibility index (Phi) is 5.74. The van der Waals surface area contributed by atoms with Gasteiger partial charge in [0, 0.05) is 22.1 Å². The number of hydrogen-bond donors (Lipinski definition) is 1. The molecule has 7 heteroatoms. The van der Waals surface area contributed by atoms with Crippen molar-refractivity contribution in [1.29, 1.82) is 0 Å². The number of Topliss-reactive ketones (excluding diaryl/α,β-unsaturated/α-hetero) is 1. The first-order chi connectivity index (χ1) is 15.7. The lowest BCUT2D eigenvalue weighted by atomic mass is 9.77. The molecule has 2 aromatic rings. The van der Waals surface area contributed by atoms with Crippen molar-refractivity contribution in [3.63, 3.8) is 0 Å². The van der Waals surface area contributed by atoms with Crippen molar-refractivity contribution in [2.75, 3.05) is 13.2 Å². The monoisotopic (exact) mass is 449 g/mol. The molecule has 2 aliphatic rings. The highest BCUT2D eigenvalue weighted by Crippen LogP contribution is 2.46. The maximum atomic E-state index is 13.7. The molecule has 7 nitrogen and oxygen atoms in total. The lowest BCUT2D eigenvalue weighted by Crippen LogP contribution is -2.43. The number of fused-ring (bicyclic) bond motifs is 1. The van der Waals surface area contributed by atoms with E-state index in [0.717, 1.165) is 10.8 Å². The molecule has 172 valence electrons. The zero-order valence-corrected chi connectivity index (χ0v) is 19.4. The van der Waals surface area contributed by atoms with Gasteiger partial charge >= 0.3 is 11.9 Å². The molecule has 1 unspecified atom stereocenters. The van der Waals surface area contributed by atoms with Crippen molar-refractivity contribution in [3.8, 4) is 0 Å². The number of carbonyl (C=O) groups is 3. The fraction of sp³-hybridized carbons (Fsp3) is 0.346. The first-order valence-electron chi connectivity index (χ1n) is 11.0. The smallest absolute Gasteiger partial charge is 0.340 e. The number of carbonyl (C=O) groups excluding carboxylic acids is 3. The minimum absolute atomic E-state index is 0.0659. The number of rotatable bonds is 5. The summed E-state index contributed by atoms with van der Waals surface area (Å²) >= 11 is 0. The van der Waals surface area contributed by atoms with Gasteiger partial charge in [-0.15, -0.1) is 0 Å². The molecule has 33 heavy (non-hydrogen) atoms. The summed E-state index contributed by atoms with van der Waals surface area (Å²) < 4.78 is 16.8. The van der Waals surface area contributed by atoms with Crippen LogP contribution < -0.4 is 5.32 Å². The lowest BCUT2D eigenvalue weighted by Gasteiger charge is -2.35. The van der Waals surface area contributed by atoms with Crippen molar-refractivity contribution >= 4 is 34.3 Å². The Morgan fingerprint density at radius 1 is 1.00 bits per heavy atom. The number of esters is 2. The highest BCUT2D eigenvalue weighted by atomic mass is 16.5. The highest BCUT2D eigenvalue weighted by Gasteiger charge is 2.48. The molecule has 1 atom stereocenters. The van der Waals surface area contributed by atoms with Crippen LogP contribution in [0.3, 0.4) is 0 Å². The van der Waals surface area contributed by atoms with Gasteiger partial charge in [-0.25, -0.2) is 4.79 Å². The average Bonchev–Trinajstić information content (AvgIpc) is 2.75. The summed E-state index contributed by atoms with van der Waals surface area (Å²) in [5, 5.41) is 4.81. The lowest BCUT2D eigenvalue weighted by molar-refractivity contribution is -0.149. The van der Waals surface area contributed by atoms with Crippen LogP contribution in [0.1, 0.15) is 50.5 Å². The molecular weight excluding hydrogens is 422 g/mol. The van der Waals surface area contributed by atoms with Crippen molar-refractivity contribution < 1.29 is 28.6 Å². The third kappa shape index (κ3) is 3.88.